The van der Waals surface area contributed by atoms with Crippen LogP contribution < -0.4 is 4.74 Å². The quantitative estimate of drug-likeness (QED) is 0.837. The van der Waals surface area contributed by atoms with Gasteiger partial charge in [-0.2, -0.15) is 0 Å². The van der Waals surface area contributed by atoms with E-state index in [9.17, 15) is 13.2 Å². The molecule has 94 valence electrons. The van der Waals surface area contributed by atoms with Crippen LogP contribution in [-0.2, 0) is 0 Å². The van der Waals surface area contributed by atoms with Crippen LogP contribution >= 0.6 is 11.6 Å². The zero-order chi connectivity index (χ0) is 13.2. The van der Waals surface area contributed by atoms with E-state index in [4.69, 9.17) is 11.6 Å². The van der Waals surface area contributed by atoms with E-state index in [2.05, 4.69) is 14.9 Å². The third-order valence-electron chi connectivity index (χ3n) is 2.02. The lowest BCUT2D eigenvalue weighted by atomic mass is 10.1. The van der Waals surface area contributed by atoms with Crippen molar-refractivity contribution in [2.45, 2.75) is 6.36 Å². The predicted octanol–water partition coefficient (Wildman–Crippen LogP) is 3.70. The van der Waals surface area contributed by atoms with Crippen LogP contribution in [0.3, 0.4) is 0 Å². The first-order valence-corrected chi connectivity index (χ1v) is 5.17. The number of halogens is 4. The first-order valence-electron chi connectivity index (χ1n) is 4.79. The monoisotopic (exact) mass is 274 g/mol. The minimum Gasteiger partial charge on any atom is -0.406 e. The number of aromatic nitrogens is 2. The predicted molar refractivity (Wildman–Crippen MR) is 59.2 cm³/mol. The number of alkyl halides is 3. The Labute approximate surface area is 105 Å². The second-order valence-electron chi connectivity index (χ2n) is 3.31. The summed E-state index contributed by atoms with van der Waals surface area (Å²) in [5.74, 6) is -0.284. The van der Waals surface area contributed by atoms with Crippen molar-refractivity contribution < 1.29 is 17.9 Å². The molecule has 0 unspecified atom stereocenters. The summed E-state index contributed by atoms with van der Waals surface area (Å²) < 4.78 is 39.6. The zero-order valence-corrected chi connectivity index (χ0v) is 9.53. The van der Waals surface area contributed by atoms with Gasteiger partial charge in [0.15, 0.2) is 5.15 Å². The summed E-state index contributed by atoms with van der Waals surface area (Å²) in [6, 6.07) is 8.50. The van der Waals surface area contributed by atoms with Crippen LogP contribution in [0.25, 0.3) is 11.3 Å². The van der Waals surface area contributed by atoms with Crippen LogP contribution in [0.15, 0.2) is 36.4 Å². The van der Waals surface area contributed by atoms with Crippen molar-refractivity contribution in [3.8, 4) is 17.0 Å². The summed E-state index contributed by atoms with van der Waals surface area (Å²) in [5.41, 5.74) is 1.13. The Kier molecular flexibility index (Phi) is 3.38. The molecule has 2 rings (SSSR count). The van der Waals surface area contributed by atoms with Crippen LogP contribution in [0, 0.1) is 0 Å². The molecule has 1 aromatic carbocycles. The van der Waals surface area contributed by atoms with Gasteiger partial charge in [-0.05, 0) is 36.4 Å². The lowest BCUT2D eigenvalue weighted by Gasteiger charge is -2.08. The van der Waals surface area contributed by atoms with E-state index in [1.807, 2.05) is 0 Å². The molecule has 0 aliphatic rings. The number of rotatable bonds is 2. The maximum Gasteiger partial charge on any atom is 0.573 e. The highest BCUT2D eigenvalue weighted by Gasteiger charge is 2.30. The van der Waals surface area contributed by atoms with Gasteiger partial charge in [0.25, 0.3) is 0 Å². The third-order valence-corrected chi connectivity index (χ3v) is 2.22. The highest BCUT2D eigenvalue weighted by atomic mass is 35.5. The zero-order valence-electron chi connectivity index (χ0n) is 8.78. The molecule has 18 heavy (non-hydrogen) atoms. The molecule has 0 saturated heterocycles. The molecular formula is C11H6ClF3N2O. The van der Waals surface area contributed by atoms with E-state index in [-0.39, 0.29) is 10.9 Å². The van der Waals surface area contributed by atoms with Crippen molar-refractivity contribution in [2.24, 2.45) is 0 Å². The number of nitrogens with zero attached hydrogens (tertiary/aromatic N) is 2. The van der Waals surface area contributed by atoms with Crippen molar-refractivity contribution in [1.82, 2.24) is 10.2 Å². The van der Waals surface area contributed by atoms with E-state index >= 15 is 0 Å². The Morgan fingerprint density at radius 1 is 0.944 bits per heavy atom. The topological polar surface area (TPSA) is 35.0 Å². The number of ether oxygens (including phenoxy) is 1. The van der Waals surface area contributed by atoms with Gasteiger partial charge < -0.3 is 4.74 Å². The second kappa shape index (κ2) is 4.81. The summed E-state index contributed by atoms with van der Waals surface area (Å²) in [6.45, 7) is 0. The SMILES string of the molecule is FC(F)(F)Oc1ccc(-c2ccc(Cl)nn2)cc1. The minimum atomic E-state index is -4.69. The van der Waals surface area contributed by atoms with Gasteiger partial charge in [-0.25, -0.2) is 0 Å². The summed E-state index contributed by atoms with van der Waals surface area (Å²) in [7, 11) is 0. The van der Waals surface area contributed by atoms with Gasteiger partial charge in [0.05, 0.1) is 5.69 Å². The molecule has 0 saturated carbocycles. The Balaban J connectivity index is 2.20. The van der Waals surface area contributed by atoms with Gasteiger partial charge in [0.2, 0.25) is 0 Å². The summed E-state index contributed by atoms with van der Waals surface area (Å²) in [6.07, 6.45) is -4.69. The maximum atomic E-state index is 12.0. The van der Waals surface area contributed by atoms with Crippen LogP contribution in [0.5, 0.6) is 5.75 Å². The van der Waals surface area contributed by atoms with Crippen LogP contribution in [0.2, 0.25) is 5.15 Å². The molecule has 0 fully saturated rings. The highest BCUT2D eigenvalue weighted by Crippen LogP contribution is 2.25. The molecule has 0 amide bonds. The van der Waals surface area contributed by atoms with E-state index < -0.39 is 6.36 Å². The molecule has 3 nitrogen and oxygen atoms in total. The van der Waals surface area contributed by atoms with Crippen LogP contribution in [0.4, 0.5) is 13.2 Å². The number of benzene rings is 1. The lowest BCUT2D eigenvalue weighted by molar-refractivity contribution is -0.274. The van der Waals surface area contributed by atoms with E-state index in [1.54, 1.807) is 12.1 Å². The third kappa shape index (κ3) is 3.33. The Morgan fingerprint density at radius 2 is 1.61 bits per heavy atom. The summed E-state index contributed by atoms with van der Waals surface area (Å²) in [5, 5.41) is 7.70. The van der Waals surface area contributed by atoms with E-state index in [1.165, 1.54) is 24.3 Å². The fourth-order valence-corrected chi connectivity index (χ4v) is 1.40. The molecule has 2 aromatic rings. The van der Waals surface area contributed by atoms with Crippen LogP contribution in [-0.4, -0.2) is 16.6 Å². The molecular weight excluding hydrogens is 269 g/mol. The fourth-order valence-electron chi connectivity index (χ4n) is 1.30. The number of hydrogen-bond acceptors (Lipinski definition) is 3. The Bertz CT molecular complexity index is 525. The highest BCUT2D eigenvalue weighted by molar-refractivity contribution is 6.29. The average molecular weight is 275 g/mol. The van der Waals surface area contributed by atoms with Gasteiger partial charge in [-0.15, -0.1) is 23.4 Å². The molecule has 1 aromatic heterocycles. The smallest absolute Gasteiger partial charge is 0.406 e. The van der Waals surface area contributed by atoms with Gasteiger partial charge in [-0.1, -0.05) is 11.6 Å². The van der Waals surface area contributed by atoms with Crippen molar-refractivity contribution in [1.29, 1.82) is 0 Å². The normalized spacial score (nSPS) is 11.3. The van der Waals surface area contributed by atoms with Crippen molar-refractivity contribution in [3.05, 3.63) is 41.6 Å². The first-order chi connectivity index (χ1) is 8.44. The Morgan fingerprint density at radius 3 is 2.11 bits per heavy atom. The van der Waals surface area contributed by atoms with Crippen molar-refractivity contribution in [2.75, 3.05) is 0 Å². The van der Waals surface area contributed by atoms with Crippen molar-refractivity contribution >= 4 is 11.6 Å². The maximum absolute atomic E-state index is 12.0. The molecule has 0 bridgehead atoms. The van der Waals surface area contributed by atoms with Crippen LogP contribution in [0.1, 0.15) is 0 Å². The minimum absolute atomic E-state index is 0.246. The Hall–Kier alpha value is -1.82. The molecule has 0 aliphatic heterocycles. The molecule has 7 heteroatoms. The standard InChI is InChI=1S/C11H6ClF3N2O/c12-10-6-5-9(16-17-10)7-1-3-8(4-2-7)18-11(13,14)15/h1-6H. The molecule has 0 N–H and O–H groups in total. The molecule has 1 heterocycles. The fraction of sp³-hybridized carbons (Fsp3) is 0.0909. The molecule has 0 spiro atoms. The first kappa shape index (κ1) is 12.6. The van der Waals surface area contributed by atoms with E-state index in [0.717, 1.165) is 0 Å². The molecule has 0 aliphatic carbocycles. The van der Waals surface area contributed by atoms with Gasteiger partial charge in [0.1, 0.15) is 5.75 Å². The van der Waals surface area contributed by atoms with Crippen molar-refractivity contribution in [3.63, 3.8) is 0 Å². The number of hydrogen-bond donors (Lipinski definition) is 0. The molecule has 0 radical (unpaired) electrons. The van der Waals surface area contributed by atoms with Gasteiger partial charge in [0, 0.05) is 5.56 Å². The summed E-state index contributed by atoms with van der Waals surface area (Å²) in [4.78, 5) is 0. The average Bonchev–Trinajstić information content (AvgIpc) is 2.29. The summed E-state index contributed by atoms with van der Waals surface area (Å²) >= 11 is 5.58. The van der Waals surface area contributed by atoms with Gasteiger partial charge >= 0.3 is 6.36 Å². The molecule has 0 atom stereocenters. The lowest BCUT2D eigenvalue weighted by Crippen LogP contribution is -2.16. The second-order valence-corrected chi connectivity index (χ2v) is 3.70. The van der Waals surface area contributed by atoms with E-state index in [0.29, 0.717) is 11.3 Å². The van der Waals surface area contributed by atoms with Gasteiger partial charge in [-0.3, -0.25) is 0 Å². The largest absolute Gasteiger partial charge is 0.573 e.